The molecule has 0 radical (unpaired) electrons. The molecular formula is C25H30ClNO3. The quantitative estimate of drug-likeness (QED) is 0.455. The van der Waals surface area contributed by atoms with Gasteiger partial charge in [-0.05, 0) is 86.4 Å². The van der Waals surface area contributed by atoms with E-state index in [1.807, 2.05) is 50.2 Å². The van der Waals surface area contributed by atoms with Gasteiger partial charge in [-0.15, -0.1) is 0 Å². The number of nitrogens with two attached hydrogens (primary N) is 1. The van der Waals surface area contributed by atoms with Gasteiger partial charge in [0.1, 0.15) is 5.76 Å². The van der Waals surface area contributed by atoms with Crippen molar-refractivity contribution in [3.63, 3.8) is 0 Å². The standard InChI is InChI=1S/C25H30ClNO3/c1-15-5-10-20(17-6-8-19(26)9-7-17)16(2)21(15)22(24(27)29)23(28)18-11-13-25(3,30-4)14-12-18/h5-10,18,28H,11-14H2,1-4H3,(H2,27,29)/b23-22+. The minimum Gasteiger partial charge on any atom is -0.511 e. The molecule has 2 aromatic carbocycles. The number of ether oxygens (including phenoxy) is 1. The summed E-state index contributed by atoms with van der Waals surface area (Å²) in [5, 5.41) is 11.8. The van der Waals surface area contributed by atoms with Gasteiger partial charge >= 0.3 is 0 Å². The molecule has 0 aromatic heterocycles. The zero-order valence-electron chi connectivity index (χ0n) is 18.1. The number of allylic oxidation sites excluding steroid dienone is 1. The van der Waals surface area contributed by atoms with Crippen LogP contribution in [0.3, 0.4) is 0 Å². The third-order valence-electron chi connectivity index (χ3n) is 6.50. The summed E-state index contributed by atoms with van der Waals surface area (Å²) < 4.78 is 5.61. The van der Waals surface area contributed by atoms with Gasteiger partial charge in [-0.25, -0.2) is 0 Å². The first-order valence-electron chi connectivity index (χ1n) is 10.3. The fourth-order valence-electron chi connectivity index (χ4n) is 4.46. The Morgan fingerprint density at radius 3 is 2.27 bits per heavy atom. The number of amides is 1. The lowest BCUT2D eigenvalue weighted by Gasteiger charge is -2.36. The van der Waals surface area contributed by atoms with Crippen molar-refractivity contribution >= 4 is 23.1 Å². The lowest BCUT2D eigenvalue weighted by molar-refractivity contribution is -0.112. The van der Waals surface area contributed by atoms with Crippen molar-refractivity contribution in [2.45, 2.75) is 52.1 Å². The number of aliphatic hydroxyl groups excluding tert-OH is 1. The molecule has 2 aromatic rings. The second kappa shape index (κ2) is 8.83. The van der Waals surface area contributed by atoms with Crippen LogP contribution in [-0.4, -0.2) is 23.7 Å². The minimum atomic E-state index is -0.605. The molecule has 4 nitrogen and oxygen atoms in total. The van der Waals surface area contributed by atoms with Gasteiger partial charge in [0.2, 0.25) is 0 Å². The summed E-state index contributed by atoms with van der Waals surface area (Å²) >= 11 is 6.03. The Kier molecular flexibility index (Phi) is 6.59. The number of halogens is 1. The third kappa shape index (κ3) is 4.40. The van der Waals surface area contributed by atoms with Crippen LogP contribution in [0.1, 0.15) is 49.3 Å². The number of primary amides is 1. The smallest absolute Gasteiger partial charge is 0.252 e. The largest absolute Gasteiger partial charge is 0.511 e. The van der Waals surface area contributed by atoms with E-state index in [9.17, 15) is 9.90 Å². The minimum absolute atomic E-state index is 0.0973. The maximum Gasteiger partial charge on any atom is 0.252 e. The highest BCUT2D eigenvalue weighted by Crippen LogP contribution is 2.40. The fourth-order valence-corrected chi connectivity index (χ4v) is 4.59. The summed E-state index contributed by atoms with van der Waals surface area (Å²) in [6.07, 6.45) is 3.16. The van der Waals surface area contributed by atoms with Crippen LogP contribution in [0.25, 0.3) is 16.7 Å². The molecule has 1 aliphatic carbocycles. The molecule has 5 heteroatoms. The van der Waals surface area contributed by atoms with Crippen molar-refractivity contribution in [1.82, 2.24) is 0 Å². The first kappa shape index (κ1) is 22.4. The second-order valence-corrected chi connectivity index (χ2v) is 8.93. The summed E-state index contributed by atoms with van der Waals surface area (Å²) in [6.45, 7) is 5.99. The number of carbonyl (C=O) groups is 1. The van der Waals surface area contributed by atoms with Gasteiger partial charge in [-0.3, -0.25) is 4.79 Å². The van der Waals surface area contributed by atoms with E-state index in [-0.39, 0.29) is 22.9 Å². The monoisotopic (exact) mass is 427 g/mol. The molecule has 160 valence electrons. The number of benzene rings is 2. The van der Waals surface area contributed by atoms with E-state index in [1.54, 1.807) is 7.11 Å². The lowest BCUT2D eigenvalue weighted by atomic mass is 9.77. The third-order valence-corrected chi connectivity index (χ3v) is 6.76. The van der Waals surface area contributed by atoms with Crippen LogP contribution < -0.4 is 5.73 Å². The van der Waals surface area contributed by atoms with E-state index in [0.29, 0.717) is 10.6 Å². The number of carbonyl (C=O) groups excluding carboxylic acids is 1. The molecule has 1 aliphatic rings. The van der Waals surface area contributed by atoms with Crippen LogP contribution in [0.15, 0.2) is 42.2 Å². The predicted octanol–water partition coefficient (Wildman–Crippen LogP) is 5.97. The van der Waals surface area contributed by atoms with Gasteiger partial charge in [0.25, 0.3) is 5.91 Å². The summed E-state index contributed by atoms with van der Waals surface area (Å²) in [5.74, 6) is -0.610. The van der Waals surface area contributed by atoms with Crippen LogP contribution >= 0.6 is 11.6 Å². The number of rotatable bonds is 5. The maximum absolute atomic E-state index is 12.5. The first-order chi connectivity index (χ1) is 14.2. The summed E-state index contributed by atoms with van der Waals surface area (Å²) in [7, 11) is 1.72. The average Bonchev–Trinajstić information content (AvgIpc) is 2.72. The van der Waals surface area contributed by atoms with Gasteiger partial charge in [-0.2, -0.15) is 0 Å². The number of aliphatic hydroxyl groups is 1. The number of aryl methyl sites for hydroxylation is 1. The molecule has 0 saturated heterocycles. The van der Waals surface area contributed by atoms with Crippen molar-refractivity contribution in [1.29, 1.82) is 0 Å². The number of hydrogen-bond acceptors (Lipinski definition) is 3. The molecule has 1 saturated carbocycles. The molecule has 0 bridgehead atoms. The molecule has 3 N–H and O–H groups in total. The Bertz CT molecular complexity index is 971. The Balaban J connectivity index is 2.08. The van der Waals surface area contributed by atoms with Gasteiger partial charge in [0.15, 0.2) is 0 Å². The molecule has 1 fully saturated rings. The van der Waals surface area contributed by atoms with E-state index >= 15 is 0 Å². The lowest BCUT2D eigenvalue weighted by Crippen LogP contribution is -2.33. The van der Waals surface area contributed by atoms with Gasteiger partial charge in [0.05, 0.1) is 11.2 Å². The molecule has 0 unspecified atom stereocenters. The summed E-state index contributed by atoms with van der Waals surface area (Å²) in [4.78, 5) is 12.5. The predicted molar refractivity (Wildman–Crippen MR) is 122 cm³/mol. The highest BCUT2D eigenvalue weighted by Gasteiger charge is 2.34. The van der Waals surface area contributed by atoms with Crippen LogP contribution in [0.2, 0.25) is 5.02 Å². The zero-order valence-corrected chi connectivity index (χ0v) is 18.8. The molecule has 0 atom stereocenters. The van der Waals surface area contributed by atoms with Crippen molar-refractivity contribution in [3.05, 3.63) is 63.9 Å². The van der Waals surface area contributed by atoms with E-state index in [0.717, 1.165) is 47.9 Å². The molecule has 1 amide bonds. The summed E-state index contributed by atoms with van der Waals surface area (Å²) in [6, 6.07) is 11.6. The van der Waals surface area contributed by atoms with Gasteiger partial charge < -0.3 is 15.6 Å². The van der Waals surface area contributed by atoms with E-state index in [2.05, 4.69) is 6.92 Å². The van der Waals surface area contributed by atoms with Crippen molar-refractivity contribution in [2.24, 2.45) is 11.7 Å². The van der Waals surface area contributed by atoms with E-state index in [4.69, 9.17) is 22.1 Å². The molecule has 0 heterocycles. The van der Waals surface area contributed by atoms with Gasteiger partial charge in [0, 0.05) is 18.1 Å². The van der Waals surface area contributed by atoms with Crippen LogP contribution in [0, 0.1) is 19.8 Å². The Morgan fingerprint density at radius 2 is 1.73 bits per heavy atom. The molecular weight excluding hydrogens is 398 g/mol. The van der Waals surface area contributed by atoms with E-state index in [1.165, 1.54) is 0 Å². The van der Waals surface area contributed by atoms with Crippen molar-refractivity contribution < 1.29 is 14.6 Å². The molecule has 0 spiro atoms. The zero-order chi connectivity index (χ0) is 22.1. The van der Waals surface area contributed by atoms with Crippen molar-refractivity contribution in [2.75, 3.05) is 7.11 Å². The number of hydrogen-bond donors (Lipinski definition) is 2. The topological polar surface area (TPSA) is 72.6 Å². The Hall–Kier alpha value is -2.30. The SMILES string of the molecule is COC1(C)CCC(/C(O)=C(\C(N)=O)c2c(C)ccc(-c3ccc(Cl)cc3)c2C)CC1. The van der Waals surface area contributed by atoms with Crippen molar-refractivity contribution in [3.8, 4) is 11.1 Å². The Labute approximate surface area is 183 Å². The van der Waals surface area contributed by atoms with Crippen LogP contribution in [-0.2, 0) is 9.53 Å². The molecule has 30 heavy (non-hydrogen) atoms. The van der Waals surface area contributed by atoms with E-state index < -0.39 is 5.91 Å². The molecule has 3 rings (SSSR count). The maximum atomic E-state index is 12.5. The molecule has 0 aliphatic heterocycles. The normalized spacial score (nSPS) is 22.5. The highest BCUT2D eigenvalue weighted by molar-refractivity contribution is 6.30. The van der Waals surface area contributed by atoms with Gasteiger partial charge in [-0.1, -0.05) is 35.9 Å². The summed E-state index contributed by atoms with van der Waals surface area (Å²) in [5.41, 5.74) is 10.4. The van der Waals surface area contributed by atoms with Crippen LogP contribution in [0.4, 0.5) is 0 Å². The second-order valence-electron chi connectivity index (χ2n) is 8.49. The first-order valence-corrected chi connectivity index (χ1v) is 10.7. The highest BCUT2D eigenvalue weighted by atomic mass is 35.5. The average molecular weight is 428 g/mol. The number of methoxy groups -OCH3 is 1. The Morgan fingerprint density at radius 1 is 1.13 bits per heavy atom. The fraction of sp³-hybridized carbons (Fsp3) is 0.400. The van der Waals surface area contributed by atoms with Crippen LogP contribution in [0.5, 0.6) is 0 Å².